The maximum absolute atomic E-state index is 12.4. The van der Waals surface area contributed by atoms with E-state index < -0.39 is 10.0 Å². The zero-order valence-corrected chi connectivity index (χ0v) is 14.4. The highest BCUT2D eigenvalue weighted by molar-refractivity contribution is 7.89. The molecule has 4 nitrogen and oxygen atoms in total. The van der Waals surface area contributed by atoms with Crippen molar-refractivity contribution >= 4 is 33.2 Å². The van der Waals surface area contributed by atoms with Crippen molar-refractivity contribution in [3.8, 4) is 0 Å². The first-order valence-corrected chi connectivity index (χ1v) is 8.58. The van der Waals surface area contributed by atoms with Gasteiger partial charge in [-0.2, -0.15) is 0 Å². The molecule has 1 N–H and O–H groups in total. The molecule has 0 fully saturated rings. The third-order valence-corrected chi connectivity index (χ3v) is 5.84. The van der Waals surface area contributed by atoms with E-state index in [-0.39, 0.29) is 16.0 Å². The summed E-state index contributed by atoms with van der Waals surface area (Å²) >= 11 is 12.4. The van der Waals surface area contributed by atoms with Gasteiger partial charge in [0.05, 0.1) is 5.02 Å². The van der Waals surface area contributed by atoms with Gasteiger partial charge in [0.15, 0.2) is 0 Å². The Hall–Kier alpha value is -0.330. The number of nitrogens with one attached hydrogen (secondary N) is 1. The number of hydrogen-bond donors (Lipinski definition) is 1. The molecule has 0 bridgehead atoms. The van der Waals surface area contributed by atoms with E-state index in [2.05, 4.69) is 5.32 Å². The van der Waals surface area contributed by atoms with Crippen LogP contribution in [0.1, 0.15) is 26.3 Å². The molecule has 0 saturated carbocycles. The molecule has 0 spiro atoms. The highest BCUT2D eigenvalue weighted by Crippen LogP contribution is 2.32. The quantitative estimate of drug-likeness (QED) is 0.866. The molecule has 1 aromatic carbocycles. The molecule has 0 heterocycles. The van der Waals surface area contributed by atoms with E-state index in [4.69, 9.17) is 23.2 Å². The van der Waals surface area contributed by atoms with Crippen molar-refractivity contribution < 1.29 is 8.42 Å². The van der Waals surface area contributed by atoms with Crippen molar-refractivity contribution in [3.63, 3.8) is 0 Å². The second kappa shape index (κ2) is 7.09. The second-order valence-corrected chi connectivity index (χ2v) is 7.59. The standard InChI is InChI=1S/C13H20Cl2N2O2S/c1-5-17(4)20(18,19)12-7-6-11(14)10(13(12)15)8-16-9(2)3/h6-7,9,16H,5,8H2,1-4H3. The summed E-state index contributed by atoms with van der Waals surface area (Å²) in [6.45, 7) is 6.55. The van der Waals surface area contributed by atoms with Gasteiger partial charge < -0.3 is 5.32 Å². The SMILES string of the molecule is CCN(C)S(=O)(=O)c1ccc(Cl)c(CNC(C)C)c1Cl. The number of halogens is 2. The number of nitrogens with zero attached hydrogens (tertiary/aromatic N) is 1. The van der Waals surface area contributed by atoms with Crippen LogP contribution in [0.15, 0.2) is 17.0 Å². The Balaban J connectivity index is 3.28. The molecule has 0 radical (unpaired) electrons. The third-order valence-electron chi connectivity index (χ3n) is 2.97. The van der Waals surface area contributed by atoms with E-state index >= 15 is 0 Å². The van der Waals surface area contributed by atoms with Crippen molar-refractivity contribution in [2.24, 2.45) is 0 Å². The first kappa shape index (κ1) is 17.7. The minimum absolute atomic E-state index is 0.0912. The molecule has 0 amide bonds. The van der Waals surface area contributed by atoms with E-state index in [1.54, 1.807) is 13.0 Å². The van der Waals surface area contributed by atoms with Crippen LogP contribution in [0.3, 0.4) is 0 Å². The Morgan fingerprint density at radius 2 is 1.90 bits per heavy atom. The summed E-state index contributed by atoms with van der Waals surface area (Å²) in [5, 5.41) is 3.83. The molecule has 20 heavy (non-hydrogen) atoms. The van der Waals surface area contributed by atoms with Gasteiger partial charge in [0.2, 0.25) is 10.0 Å². The van der Waals surface area contributed by atoms with Gasteiger partial charge in [0, 0.05) is 36.8 Å². The molecule has 0 saturated heterocycles. The lowest BCUT2D eigenvalue weighted by molar-refractivity contribution is 0.486. The summed E-state index contributed by atoms with van der Waals surface area (Å²) in [4.78, 5) is 0.0912. The Kier molecular flexibility index (Phi) is 6.28. The van der Waals surface area contributed by atoms with Crippen molar-refractivity contribution in [1.82, 2.24) is 9.62 Å². The molecule has 114 valence electrons. The maximum Gasteiger partial charge on any atom is 0.244 e. The van der Waals surface area contributed by atoms with E-state index in [1.807, 2.05) is 13.8 Å². The molecule has 0 aliphatic rings. The van der Waals surface area contributed by atoms with Crippen LogP contribution in [-0.2, 0) is 16.6 Å². The minimum Gasteiger partial charge on any atom is -0.310 e. The molecular weight excluding hydrogens is 319 g/mol. The fourth-order valence-corrected chi connectivity index (χ4v) is 3.64. The summed E-state index contributed by atoms with van der Waals surface area (Å²) in [6.07, 6.45) is 0. The normalized spacial score (nSPS) is 12.4. The van der Waals surface area contributed by atoms with E-state index in [0.29, 0.717) is 23.7 Å². The maximum atomic E-state index is 12.4. The number of sulfonamides is 1. The Morgan fingerprint density at radius 1 is 1.30 bits per heavy atom. The zero-order valence-electron chi connectivity index (χ0n) is 12.1. The van der Waals surface area contributed by atoms with Crippen LogP contribution in [0.2, 0.25) is 10.0 Å². The van der Waals surface area contributed by atoms with Gasteiger partial charge >= 0.3 is 0 Å². The molecule has 0 aliphatic carbocycles. The largest absolute Gasteiger partial charge is 0.310 e. The molecule has 1 aromatic rings. The smallest absolute Gasteiger partial charge is 0.244 e. The summed E-state index contributed by atoms with van der Waals surface area (Å²) in [7, 11) is -2.06. The van der Waals surface area contributed by atoms with Gasteiger partial charge in [-0.1, -0.05) is 44.0 Å². The van der Waals surface area contributed by atoms with E-state index in [0.717, 1.165) is 0 Å². The minimum atomic E-state index is -3.58. The molecule has 0 aromatic heterocycles. The van der Waals surface area contributed by atoms with Crippen LogP contribution in [0.25, 0.3) is 0 Å². The average molecular weight is 339 g/mol. The predicted molar refractivity (Wildman–Crippen MR) is 83.9 cm³/mol. The topological polar surface area (TPSA) is 49.4 Å². The monoisotopic (exact) mass is 338 g/mol. The van der Waals surface area contributed by atoms with E-state index in [9.17, 15) is 8.42 Å². The number of hydrogen-bond acceptors (Lipinski definition) is 3. The summed E-state index contributed by atoms with van der Waals surface area (Å²) in [6, 6.07) is 3.27. The van der Waals surface area contributed by atoms with Gasteiger partial charge in [-0.05, 0) is 12.1 Å². The highest BCUT2D eigenvalue weighted by atomic mass is 35.5. The molecule has 0 atom stereocenters. The van der Waals surface area contributed by atoms with Crippen LogP contribution < -0.4 is 5.32 Å². The van der Waals surface area contributed by atoms with E-state index in [1.165, 1.54) is 17.4 Å². The van der Waals surface area contributed by atoms with Crippen LogP contribution in [0.5, 0.6) is 0 Å². The lowest BCUT2D eigenvalue weighted by Crippen LogP contribution is -2.27. The Labute approximate surface area is 131 Å². The molecule has 1 rings (SSSR count). The lowest BCUT2D eigenvalue weighted by atomic mass is 10.2. The molecule has 7 heteroatoms. The fraction of sp³-hybridized carbons (Fsp3) is 0.538. The highest BCUT2D eigenvalue weighted by Gasteiger charge is 2.24. The zero-order chi connectivity index (χ0) is 15.5. The van der Waals surface area contributed by atoms with Gasteiger partial charge in [-0.15, -0.1) is 0 Å². The van der Waals surface area contributed by atoms with Crippen molar-refractivity contribution in [3.05, 3.63) is 27.7 Å². The van der Waals surface area contributed by atoms with Gasteiger partial charge in [-0.3, -0.25) is 0 Å². The van der Waals surface area contributed by atoms with Crippen LogP contribution in [0.4, 0.5) is 0 Å². The summed E-state index contributed by atoms with van der Waals surface area (Å²) in [5.74, 6) is 0. The van der Waals surface area contributed by atoms with Crippen LogP contribution in [-0.4, -0.2) is 32.4 Å². The van der Waals surface area contributed by atoms with Gasteiger partial charge in [-0.25, -0.2) is 12.7 Å². The predicted octanol–water partition coefficient (Wildman–Crippen LogP) is 3.13. The summed E-state index contributed by atoms with van der Waals surface area (Å²) < 4.78 is 26.0. The van der Waals surface area contributed by atoms with Crippen molar-refractivity contribution in [2.45, 2.75) is 38.3 Å². The first-order valence-electron chi connectivity index (χ1n) is 6.38. The number of benzene rings is 1. The third kappa shape index (κ3) is 3.86. The Bertz CT molecular complexity index is 574. The Morgan fingerprint density at radius 3 is 2.40 bits per heavy atom. The van der Waals surface area contributed by atoms with Crippen LogP contribution in [0, 0.1) is 0 Å². The molecule has 0 unspecified atom stereocenters. The molecular formula is C13H20Cl2N2O2S. The van der Waals surface area contributed by atoms with Crippen molar-refractivity contribution in [2.75, 3.05) is 13.6 Å². The van der Waals surface area contributed by atoms with Crippen molar-refractivity contribution in [1.29, 1.82) is 0 Å². The van der Waals surface area contributed by atoms with Gasteiger partial charge in [0.1, 0.15) is 4.90 Å². The second-order valence-electron chi connectivity index (χ2n) is 4.79. The number of rotatable bonds is 6. The fourth-order valence-electron chi connectivity index (χ4n) is 1.58. The summed E-state index contributed by atoms with van der Waals surface area (Å²) in [5.41, 5.74) is 0.604. The van der Waals surface area contributed by atoms with Crippen LogP contribution >= 0.6 is 23.2 Å². The average Bonchev–Trinajstić information content (AvgIpc) is 2.36. The van der Waals surface area contributed by atoms with Gasteiger partial charge in [0.25, 0.3) is 0 Å². The lowest BCUT2D eigenvalue weighted by Gasteiger charge is -2.18. The molecule has 0 aliphatic heterocycles. The first-order chi connectivity index (χ1) is 9.21.